The maximum atomic E-state index is 12.9. The lowest BCUT2D eigenvalue weighted by Gasteiger charge is -2.36. The molecule has 1 fully saturated rings. The van der Waals surface area contributed by atoms with Gasteiger partial charge in [-0.3, -0.25) is 4.79 Å². The highest BCUT2D eigenvalue weighted by Crippen LogP contribution is 2.32. The number of hydrogen-bond acceptors (Lipinski definition) is 3. The number of benzene rings is 1. The zero-order valence-electron chi connectivity index (χ0n) is 13.4. The van der Waals surface area contributed by atoms with E-state index < -0.39 is 11.7 Å². The van der Waals surface area contributed by atoms with Crippen LogP contribution in [0.4, 0.5) is 18.9 Å². The molecule has 0 aliphatic carbocycles. The van der Waals surface area contributed by atoms with Gasteiger partial charge in [0, 0.05) is 38.1 Å². The standard InChI is InChI=1S/C17H14Cl2F3N3O/c18-14-8-11(10-23-15(14)19)16(26)25-6-4-24(5-7-25)13-3-1-2-12(9-13)17(20,21)22/h1-3,8-10H,4-7H2. The molecular weight excluding hydrogens is 390 g/mol. The van der Waals surface area contributed by atoms with E-state index >= 15 is 0 Å². The van der Waals surface area contributed by atoms with Gasteiger partial charge in [0.25, 0.3) is 5.91 Å². The minimum atomic E-state index is -4.38. The highest BCUT2D eigenvalue weighted by atomic mass is 35.5. The minimum Gasteiger partial charge on any atom is -0.368 e. The zero-order chi connectivity index (χ0) is 18.9. The largest absolute Gasteiger partial charge is 0.416 e. The number of hydrogen-bond donors (Lipinski definition) is 0. The van der Waals surface area contributed by atoms with Gasteiger partial charge in [0.05, 0.1) is 16.1 Å². The summed E-state index contributed by atoms with van der Waals surface area (Å²) >= 11 is 11.6. The smallest absolute Gasteiger partial charge is 0.368 e. The van der Waals surface area contributed by atoms with E-state index in [0.717, 1.165) is 12.1 Å². The SMILES string of the molecule is O=C(c1cnc(Cl)c(Cl)c1)N1CCN(c2cccc(C(F)(F)F)c2)CC1. The fraction of sp³-hybridized carbons (Fsp3) is 0.294. The van der Waals surface area contributed by atoms with Gasteiger partial charge in [-0.25, -0.2) is 4.98 Å². The average molecular weight is 404 g/mol. The van der Waals surface area contributed by atoms with E-state index in [1.807, 2.05) is 4.90 Å². The highest BCUT2D eigenvalue weighted by Gasteiger charge is 2.31. The van der Waals surface area contributed by atoms with Crippen LogP contribution in [0.3, 0.4) is 0 Å². The van der Waals surface area contributed by atoms with Crippen molar-refractivity contribution in [2.45, 2.75) is 6.18 Å². The molecule has 1 aromatic carbocycles. The first-order valence-corrected chi connectivity index (χ1v) is 8.54. The van der Waals surface area contributed by atoms with Crippen molar-refractivity contribution in [2.75, 3.05) is 31.1 Å². The van der Waals surface area contributed by atoms with Crippen LogP contribution in [-0.4, -0.2) is 42.0 Å². The fourth-order valence-electron chi connectivity index (χ4n) is 2.77. The molecule has 1 aromatic heterocycles. The topological polar surface area (TPSA) is 36.4 Å². The van der Waals surface area contributed by atoms with E-state index in [0.29, 0.717) is 37.4 Å². The third kappa shape index (κ3) is 4.04. The molecule has 0 saturated carbocycles. The lowest BCUT2D eigenvalue weighted by Crippen LogP contribution is -2.48. The van der Waals surface area contributed by atoms with Crippen LogP contribution >= 0.6 is 23.2 Å². The molecule has 0 spiro atoms. The summed E-state index contributed by atoms with van der Waals surface area (Å²) < 4.78 is 38.6. The first kappa shape index (κ1) is 18.8. The van der Waals surface area contributed by atoms with Gasteiger partial charge in [0.15, 0.2) is 0 Å². The van der Waals surface area contributed by atoms with E-state index in [2.05, 4.69) is 4.98 Å². The van der Waals surface area contributed by atoms with Crippen LogP contribution in [0.5, 0.6) is 0 Å². The van der Waals surface area contributed by atoms with Crippen LogP contribution < -0.4 is 4.90 Å². The minimum absolute atomic E-state index is 0.123. The lowest BCUT2D eigenvalue weighted by atomic mass is 10.1. The summed E-state index contributed by atoms with van der Waals surface area (Å²) in [5, 5.41) is 0.317. The molecule has 0 N–H and O–H groups in total. The van der Waals surface area contributed by atoms with Gasteiger partial charge in [0.2, 0.25) is 0 Å². The molecule has 2 heterocycles. The second kappa shape index (κ2) is 7.32. The number of pyridine rings is 1. The molecule has 0 unspecified atom stereocenters. The second-order valence-electron chi connectivity index (χ2n) is 5.82. The van der Waals surface area contributed by atoms with Crippen LogP contribution in [-0.2, 0) is 6.18 Å². The normalized spacial score (nSPS) is 15.3. The van der Waals surface area contributed by atoms with E-state index in [1.165, 1.54) is 18.3 Å². The molecule has 2 aromatic rings. The average Bonchev–Trinajstić information content (AvgIpc) is 2.63. The number of piperazine rings is 1. The fourth-order valence-corrected chi connectivity index (χ4v) is 3.04. The molecule has 0 bridgehead atoms. The molecule has 0 radical (unpaired) electrons. The molecular formula is C17H14Cl2F3N3O. The van der Waals surface area contributed by atoms with Gasteiger partial charge in [-0.2, -0.15) is 13.2 Å². The Hall–Kier alpha value is -1.99. The van der Waals surface area contributed by atoms with Gasteiger partial charge >= 0.3 is 6.18 Å². The summed E-state index contributed by atoms with van der Waals surface area (Å²) in [4.78, 5) is 19.8. The molecule has 138 valence electrons. The number of anilines is 1. The van der Waals surface area contributed by atoms with Crippen LogP contribution in [0.2, 0.25) is 10.2 Å². The van der Waals surface area contributed by atoms with Crippen molar-refractivity contribution in [2.24, 2.45) is 0 Å². The van der Waals surface area contributed by atoms with Crippen molar-refractivity contribution in [1.29, 1.82) is 0 Å². The Balaban J connectivity index is 1.67. The number of carbonyl (C=O) groups is 1. The summed E-state index contributed by atoms with van der Waals surface area (Å²) in [6.07, 6.45) is -3.02. The van der Waals surface area contributed by atoms with Crippen LogP contribution in [0.1, 0.15) is 15.9 Å². The molecule has 4 nitrogen and oxygen atoms in total. The first-order valence-electron chi connectivity index (χ1n) is 7.78. The number of alkyl halides is 3. The molecule has 26 heavy (non-hydrogen) atoms. The predicted molar refractivity (Wildman–Crippen MR) is 93.8 cm³/mol. The van der Waals surface area contributed by atoms with Crippen LogP contribution in [0.25, 0.3) is 0 Å². The summed E-state index contributed by atoms with van der Waals surface area (Å²) in [6, 6.07) is 6.64. The Morgan fingerprint density at radius 1 is 1.08 bits per heavy atom. The quantitative estimate of drug-likeness (QED) is 0.698. The number of carbonyl (C=O) groups excluding carboxylic acids is 1. The van der Waals surface area contributed by atoms with Gasteiger partial charge in [-0.05, 0) is 24.3 Å². The van der Waals surface area contributed by atoms with E-state index in [4.69, 9.17) is 23.2 Å². The van der Waals surface area contributed by atoms with Gasteiger partial charge in [0.1, 0.15) is 5.15 Å². The molecule has 1 aliphatic rings. The molecule has 3 rings (SSSR count). The van der Waals surface area contributed by atoms with Crippen molar-refractivity contribution in [1.82, 2.24) is 9.88 Å². The van der Waals surface area contributed by atoms with E-state index in [9.17, 15) is 18.0 Å². The van der Waals surface area contributed by atoms with Gasteiger partial charge in [-0.1, -0.05) is 29.3 Å². The van der Waals surface area contributed by atoms with Crippen molar-refractivity contribution < 1.29 is 18.0 Å². The number of rotatable bonds is 2. The number of aromatic nitrogens is 1. The third-order valence-corrected chi connectivity index (χ3v) is 4.83. The number of amides is 1. The van der Waals surface area contributed by atoms with Crippen molar-refractivity contribution in [3.63, 3.8) is 0 Å². The molecule has 1 saturated heterocycles. The Morgan fingerprint density at radius 2 is 1.77 bits per heavy atom. The molecule has 0 atom stereocenters. The number of nitrogens with zero attached hydrogens (tertiary/aromatic N) is 3. The van der Waals surface area contributed by atoms with Gasteiger partial charge < -0.3 is 9.80 Å². The van der Waals surface area contributed by atoms with Gasteiger partial charge in [-0.15, -0.1) is 0 Å². The van der Waals surface area contributed by atoms with E-state index in [-0.39, 0.29) is 16.1 Å². The Morgan fingerprint density at radius 3 is 2.38 bits per heavy atom. The summed E-state index contributed by atoms with van der Waals surface area (Å²) in [7, 11) is 0. The lowest BCUT2D eigenvalue weighted by molar-refractivity contribution is -0.137. The molecule has 9 heteroatoms. The molecule has 1 aliphatic heterocycles. The Kier molecular flexibility index (Phi) is 5.29. The Bertz CT molecular complexity index is 821. The van der Waals surface area contributed by atoms with E-state index in [1.54, 1.807) is 11.0 Å². The first-order chi connectivity index (χ1) is 12.3. The maximum absolute atomic E-state index is 12.9. The van der Waals surface area contributed by atoms with Crippen molar-refractivity contribution >= 4 is 34.8 Å². The Labute approximate surface area is 158 Å². The van der Waals surface area contributed by atoms with Crippen LogP contribution in [0.15, 0.2) is 36.5 Å². The van der Waals surface area contributed by atoms with Crippen LogP contribution in [0, 0.1) is 0 Å². The predicted octanol–water partition coefficient (Wildman–Crippen LogP) is 4.37. The van der Waals surface area contributed by atoms with Crippen molar-refractivity contribution in [3.8, 4) is 0 Å². The second-order valence-corrected chi connectivity index (χ2v) is 6.59. The summed E-state index contributed by atoms with van der Waals surface area (Å²) in [5.41, 5.74) is 0.130. The summed E-state index contributed by atoms with van der Waals surface area (Å²) in [5.74, 6) is -0.236. The van der Waals surface area contributed by atoms with Crippen molar-refractivity contribution in [3.05, 3.63) is 57.8 Å². The summed E-state index contributed by atoms with van der Waals surface area (Å²) in [6.45, 7) is 1.63. The third-order valence-electron chi connectivity index (χ3n) is 4.15. The molecule has 1 amide bonds. The number of halogens is 5. The monoisotopic (exact) mass is 403 g/mol. The highest BCUT2D eigenvalue weighted by molar-refractivity contribution is 6.41. The zero-order valence-corrected chi connectivity index (χ0v) is 14.9. The maximum Gasteiger partial charge on any atom is 0.416 e.